The minimum absolute atomic E-state index is 0.188. The molecule has 0 bridgehead atoms. The number of rotatable bonds is 2. The second-order valence-corrected chi connectivity index (χ2v) is 6.70. The van der Waals surface area contributed by atoms with Crippen molar-refractivity contribution in [3.63, 3.8) is 0 Å². The number of aromatic nitrogens is 2. The third-order valence-corrected chi connectivity index (χ3v) is 3.29. The number of nitrogens with zero attached hydrogens (tertiary/aromatic N) is 2. The normalized spacial score (nSPS) is 12.2. The molecule has 0 fully saturated rings. The van der Waals surface area contributed by atoms with Crippen LogP contribution in [-0.4, -0.2) is 9.97 Å². The van der Waals surface area contributed by atoms with Crippen molar-refractivity contribution in [3.05, 3.63) is 15.1 Å². The summed E-state index contributed by atoms with van der Waals surface area (Å²) in [7, 11) is 0. The molecule has 0 radical (unpaired) electrons. The lowest BCUT2D eigenvalue weighted by Crippen LogP contribution is -2.15. The van der Waals surface area contributed by atoms with E-state index in [2.05, 4.69) is 67.2 Å². The van der Waals surface area contributed by atoms with Gasteiger partial charge in [0.1, 0.15) is 11.6 Å². The van der Waals surface area contributed by atoms with Crippen LogP contribution in [0.3, 0.4) is 0 Å². The Kier molecular flexibility index (Phi) is 4.15. The van der Waals surface area contributed by atoms with E-state index in [9.17, 15) is 0 Å². The highest BCUT2D eigenvalue weighted by molar-refractivity contribution is 14.1. The molecule has 0 saturated carbocycles. The minimum atomic E-state index is 0.188. The molecule has 1 aromatic rings. The van der Waals surface area contributed by atoms with Gasteiger partial charge in [-0.1, -0.05) is 34.6 Å². The molecule has 3 nitrogen and oxygen atoms in total. The van der Waals surface area contributed by atoms with Crippen LogP contribution in [0, 0.1) is 8.99 Å². The van der Waals surface area contributed by atoms with Crippen LogP contribution in [0.5, 0.6) is 0 Å². The molecular formula is C12H20IN3. The van der Waals surface area contributed by atoms with Gasteiger partial charge in [0.15, 0.2) is 0 Å². The SMILES string of the molecule is CC(C)c1nc(CC(C)(C)C)nc(N)c1I. The third kappa shape index (κ3) is 3.57. The fraction of sp³-hybridized carbons (Fsp3) is 0.667. The Labute approximate surface area is 111 Å². The second kappa shape index (κ2) is 4.85. The molecule has 2 N–H and O–H groups in total. The molecule has 16 heavy (non-hydrogen) atoms. The molecule has 0 unspecified atom stereocenters. The van der Waals surface area contributed by atoms with E-state index in [4.69, 9.17) is 5.73 Å². The molecule has 0 saturated heterocycles. The molecule has 0 amide bonds. The van der Waals surface area contributed by atoms with Gasteiger partial charge in [-0.05, 0) is 33.9 Å². The number of halogens is 1. The van der Waals surface area contributed by atoms with Gasteiger partial charge in [-0.15, -0.1) is 0 Å². The molecule has 0 aromatic carbocycles. The van der Waals surface area contributed by atoms with Crippen LogP contribution in [-0.2, 0) is 6.42 Å². The first-order valence-corrected chi connectivity index (χ1v) is 6.60. The van der Waals surface area contributed by atoms with Crippen molar-refractivity contribution in [1.29, 1.82) is 0 Å². The molecule has 4 heteroatoms. The van der Waals surface area contributed by atoms with E-state index >= 15 is 0 Å². The number of anilines is 1. The molecule has 1 heterocycles. The lowest BCUT2D eigenvalue weighted by atomic mass is 9.92. The number of hydrogen-bond acceptors (Lipinski definition) is 3. The lowest BCUT2D eigenvalue weighted by molar-refractivity contribution is 0.400. The summed E-state index contributed by atoms with van der Waals surface area (Å²) in [6.07, 6.45) is 0.855. The predicted molar refractivity (Wildman–Crippen MR) is 76.4 cm³/mol. The van der Waals surface area contributed by atoms with Crippen LogP contribution in [0.2, 0.25) is 0 Å². The number of hydrogen-bond donors (Lipinski definition) is 1. The molecular weight excluding hydrogens is 313 g/mol. The van der Waals surface area contributed by atoms with Crippen molar-refractivity contribution in [3.8, 4) is 0 Å². The standard InChI is InChI=1S/C12H20IN3/c1-7(2)10-9(13)11(14)16-8(15-10)6-12(3,4)5/h7H,6H2,1-5H3,(H2,14,15,16). The van der Waals surface area contributed by atoms with E-state index in [0.717, 1.165) is 21.5 Å². The molecule has 1 rings (SSSR count). The maximum Gasteiger partial charge on any atom is 0.140 e. The van der Waals surface area contributed by atoms with E-state index in [1.54, 1.807) is 0 Å². The van der Waals surface area contributed by atoms with Gasteiger partial charge in [-0.2, -0.15) is 0 Å². The molecule has 1 aromatic heterocycles. The fourth-order valence-electron chi connectivity index (χ4n) is 1.47. The Morgan fingerprint density at radius 1 is 1.25 bits per heavy atom. The van der Waals surface area contributed by atoms with Gasteiger partial charge >= 0.3 is 0 Å². The number of nitrogen functional groups attached to an aromatic ring is 1. The molecule has 0 spiro atoms. The van der Waals surface area contributed by atoms with Gasteiger partial charge in [-0.25, -0.2) is 9.97 Å². The van der Waals surface area contributed by atoms with Gasteiger partial charge in [0.05, 0.1) is 9.26 Å². The summed E-state index contributed by atoms with van der Waals surface area (Å²) < 4.78 is 0.991. The zero-order valence-electron chi connectivity index (χ0n) is 10.6. The Morgan fingerprint density at radius 3 is 2.25 bits per heavy atom. The van der Waals surface area contributed by atoms with Gasteiger partial charge in [0.25, 0.3) is 0 Å². The predicted octanol–water partition coefficient (Wildman–Crippen LogP) is 3.38. The zero-order chi connectivity index (χ0) is 12.5. The van der Waals surface area contributed by atoms with E-state index in [1.807, 2.05) is 0 Å². The summed E-state index contributed by atoms with van der Waals surface area (Å²) in [5.74, 6) is 1.85. The number of nitrogens with two attached hydrogens (primary N) is 1. The Hall–Kier alpha value is -0.390. The minimum Gasteiger partial charge on any atom is -0.383 e. The molecule has 0 aliphatic heterocycles. The summed E-state index contributed by atoms with van der Waals surface area (Å²) in [6.45, 7) is 10.8. The first-order chi connectivity index (χ1) is 7.20. The molecule has 0 aliphatic carbocycles. The zero-order valence-corrected chi connectivity index (χ0v) is 12.8. The van der Waals surface area contributed by atoms with Crippen LogP contribution in [0.1, 0.15) is 52.1 Å². The Bertz CT molecular complexity index is 381. The van der Waals surface area contributed by atoms with Gasteiger partial charge in [0.2, 0.25) is 0 Å². The average Bonchev–Trinajstić information content (AvgIpc) is 2.07. The van der Waals surface area contributed by atoms with E-state index in [1.165, 1.54) is 0 Å². The summed E-state index contributed by atoms with van der Waals surface area (Å²) in [5.41, 5.74) is 7.17. The van der Waals surface area contributed by atoms with E-state index in [0.29, 0.717) is 11.7 Å². The Balaban J connectivity index is 3.14. The van der Waals surface area contributed by atoms with E-state index in [-0.39, 0.29) is 5.41 Å². The Morgan fingerprint density at radius 2 is 1.81 bits per heavy atom. The topological polar surface area (TPSA) is 51.8 Å². The maximum atomic E-state index is 5.92. The highest BCUT2D eigenvalue weighted by Crippen LogP contribution is 2.25. The molecule has 90 valence electrons. The first-order valence-electron chi connectivity index (χ1n) is 5.52. The summed E-state index contributed by atoms with van der Waals surface area (Å²) in [5, 5.41) is 0. The molecule has 0 atom stereocenters. The van der Waals surface area contributed by atoms with Crippen molar-refractivity contribution in [2.45, 2.75) is 47.0 Å². The van der Waals surface area contributed by atoms with E-state index < -0.39 is 0 Å². The first kappa shape index (κ1) is 13.7. The molecule has 0 aliphatic rings. The third-order valence-electron chi connectivity index (χ3n) is 2.18. The maximum absolute atomic E-state index is 5.92. The quantitative estimate of drug-likeness (QED) is 0.844. The fourth-order valence-corrected chi connectivity index (χ4v) is 2.33. The highest BCUT2D eigenvalue weighted by atomic mass is 127. The monoisotopic (exact) mass is 333 g/mol. The lowest BCUT2D eigenvalue weighted by Gasteiger charge is -2.18. The summed E-state index contributed by atoms with van der Waals surface area (Å²) in [4.78, 5) is 8.98. The highest BCUT2D eigenvalue weighted by Gasteiger charge is 2.17. The van der Waals surface area contributed by atoms with Crippen molar-refractivity contribution < 1.29 is 0 Å². The smallest absolute Gasteiger partial charge is 0.140 e. The van der Waals surface area contributed by atoms with Crippen LogP contribution in [0.4, 0.5) is 5.82 Å². The van der Waals surface area contributed by atoms with Gasteiger partial charge in [0, 0.05) is 6.42 Å². The van der Waals surface area contributed by atoms with Crippen molar-refractivity contribution in [1.82, 2.24) is 9.97 Å². The van der Waals surface area contributed by atoms with Crippen molar-refractivity contribution in [2.75, 3.05) is 5.73 Å². The van der Waals surface area contributed by atoms with Gasteiger partial charge in [-0.3, -0.25) is 0 Å². The summed E-state index contributed by atoms with van der Waals surface area (Å²) >= 11 is 2.22. The summed E-state index contributed by atoms with van der Waals surface area (Å²) in [6, 6.07) is 0. The van der Waals surface area contributed by atoms with Crippen LogP contribution in [0.25, 0.3) is 0 Å². The van der Waals surface area contributed by atoms with Gasteiger partial charge < -0.3 is 5.73 Å². The van der Waals surface area contributed by atoms with Crippen LogP contribution >= 0.6 is 22.6 Å². The average molecular weight is 333 g/mol. The second-order valence-electron chi connectivity index (χ2n) is 5.62. The van der Waals surface area contributed by atoms with Crippen LogP contribution < -0.4 is 5.73 Å². The largest absolute Gasteiger partial charge is 0.383 e. The van der Waals surface area contributed by atoms with Crippen molar-refractivity contribution >= 4 is 28.4 Å². The van der Waals surface area contributed by atoms with Crippen molar-refractivity contribution in [2.24, 2.45) is 5.41 Å². The van der Waals surface area contributed by atoms with Crippen LogP contribution in [0.15, 0.2) is 0 Å².